The standard InChI is InChI=1S/C15H25N5S/c1-15(2,3)11(8-9-16)6-7-12-19-20-13(10-4-5-10)17-18-14(20)21-12/h10-11H,4-9,16H2,1-3H3. The molecule has 6 heteroatoms. The van der Waals surface area contributed by atoms with Crippen molar-refractivity contribution in [1.29, 1.82) is 0 Å². The largest absolute Gasteiger partial charge is 0.330 e. The Morgan fingerprint density at radius 3 is 2.67 bits per heavy atom. The average Bonchev–Trinajstić information content (AvgIpc) is 3.04. The predicted octanol–water partition coefficient (Wildman–Crippen LogP) is 3.01. The van der Waals surface area contributed by atoms with Crippen LogP contribution in [0.1, 0.15) is 63.2 Å². The van der Waals surface area contributed by atoms with Gasteiger partial charge in [0.15, 0.2) is 5.82 Å². The van der Waals surface area contributed by atoms with Crippen molar-refractivity contribution in [2.75, 3.05) is 6.54 Å². The Bertz CT molecular complexity index is 605. The number of nitrogens with zero attached hydrogens (tertiary/aromatic N) is 4. The lowest BCUT2D eigenvalue weighted by Gasteiger charge is -2.30. The minimum absolute atomic E-state index is 0.303. The van der Waals surface area contributed by atoms with Crippen molar-refractivity contribution in [2.24, 2.45) is 17.1 Å². The number of hydrogen-bond acceptors (Lipinski definition) is 5. The molecule has 2 heterocycles. The van der Waals surface area contributed by atoms with E-state index in [0.29, 0.717) is 17.3 Å². The second-order valence-electron chi connectivity index (χ2n) is 7.20. The molecular weight excluding hydrogens is 282 g/mol. The monoisotopic (exact) mass is 307 g/mol. The number of hydrogen-bond donors (Lipinski definition) is 1. The maximum Gasteiger partial charge on any atom is 0.234 e. The second-order valence-corrected chi connectivity index (χ2v) is 8.24. The third kappa shape index (κ3) is 3.26. The molecule has 1 atom stereocenters. The zero-order valence-corrected chi connectivity index (χ0v) is 14.0. The molecule has 3 rings (SSSR count). The Morgan fingerprint density at radius 1 is 1.29 bits per heavy atom. The van der Waals surface area contributed by atoms with E-state index in [-0.39, 0.29) is 0 Å². The van der Waals surface area contributed by atoms with Crippen molar-refractivity contribution >= 4 is 16.3 Å². The van der Waals surface area contributed by atoms with Crippen LogP contribution in [0.15, 0.2) is 0 Å². The summed E-state index contributed by atoms with van der Waals surface area (Å²) in [6.07, 6.45) is 5.71. The van der Waals surface area contributed by atoms with Crippen LogP contribution in [0.4, 0.5) is 0 Å². The average molecular weight is 307 g/mol. The molecule has 5 nitrogen and oxygen atoms in total. The van der Waals surface area contributed by atoms with Gasteiger partial charge in [0, 0.05) is 12.3 Å². The summed E-state index contributed by atoms with van der Waals surface area (Å²) >= 11 is 1.68. The van der Waals surface area contributed by atoms with E-state index in [1.165, 1.54) is 17.8 Å². The van der Waals surface area contributed by atoms with Gasteiger partial charge in [-0.15, -0.1) is 10.2 Å². The lowest BCUT2D eigenvalue weighted by atomic mass is 9.76. The van der Waals surface area contributed by atoms with E-state index in [0.717, 1.165) is 36.6 Å². The molecule has 2 N–H and O–H groups in total. The summed E-state index contributed by atoms with van der Waals surface area (Å²) in [5.41, 5.74) is 6.07. The summed E-state index contributed by atoms with van der Waals surface area (Å²) in [6, 6.07) is 0. The minimum Gasteiger partial charge on any atom is -0.330 e. The van der Waals surface area contributed by atoms with Gasteiger partial charge in [0.05, 0.1) is 0 Å². The van der Waals surface area contributed by atoms with Gasteiger partial charge in [0.1, 0.15) is 5.01 Å². The lowest BCUT2D eigenvalue weighted by Crippen LogP contribution is -2.24. The van der Waals surface area contributed by atoms with Gasteiger partial charge in [-0.1, -0.05) is 32.1 Å². The van der Waals surface area contributed by atoms with Gasteiger partial charge in [-0.3, -0.25) is 0 Å². The number of nitrogens with two attached hydrogens (primary N) is 1. The van der Waals surface area contributed by atoms with Crippen molar-refractivity contribution in [1.82, 2.24) is 19.8 Å². The highest BCUT2D eigenvalue weighted by atomic mass is 32.1. The maximum absolute atomic E-state index is 5.76. The van der Waals surface area contributed by atoms with Crippen LogP contribution in [-0.2, 0) is 6.42 Å². The van der Waals surface area contributed by atoms with E-state index < -0.39 is 0 Å². The Hall–Kier alpha value is -1.01. The van der Waals surface area contributed by atoms with Gasteiger partial charge >= 0.3 is 0 Å². The fourth-order valence-corrected chi connectivity index (χ4v) is 3.73. The van der Waals surface area contributed by atoms with Crippen LogP contribution >= 0.6 is 11.3 Å². The van der Waals surface area contributed by atoms with Gasteiger partial charge in [-0.25, -0.2) is 0 Å². The molecule has 2 aromatic rings. The molecule has 1 aliphatic carbocycles. The molecule has 0 bridgehead atoms. The minimum atomic E-state index is 0.303. The van der Waals surface area contributed by atoms with Crippen molar-refractivity contribution in [3.8, 4) is 0 Å². The molecule has 0 saturated heterocycles. The zero-order chi connectivity index (χ0) is 15.0. The lowest BCUT2D eigenvalue weighted by molar-refractivity contribution is 0.215. The molecule has 2 aromatic heterocycles. The zero-order valence-electron chi connectivity index (χ0n) is 13.2. The second kappa shape index (κ2) is 5.65. The topological polar surface area (TPSA) is 69.1 Å². The van der Waals surface area contributed by atoms with Crippen LogP contribution in [0.2, 0.25) is 0 Å². The summed E-state index contributed by atoms with van der Waals surface area (Å²) in [7, 11) is 0. The Morgan fingerprint density at radius 2 is 2.05 bits per heavy atom. The van der Waals surface area contributed by atoms with Gasteiger partial charge in [-0.05, 0) is 43.6 Å². The molecule has 0 spiro atoms. The molecule has 1 saturated carbocycles. The quantitative estimate of drug-likeness (QED) is 0.890. The number of aromatic nitrogens is 4. The molecule has 0 amide bonds. The summed E-state index contributed by atoms with van der Waals surface area (Å²) < 4.78 is 1.96. The highest BCUT2D eigenvalue weighted by Gasteiger charge is 2.30. The first-order valence-corrected chi connectivity index (χ1v) is 8.71. The Kier molecular flexibility index (Phi) is 4.01. The molecule has 0 radical (unpaired) electrons. The van der Waals surface area contributed by atoms with E-state index >= 15 is 0 Å². The van der Waals surface area contributed by atoms with Crippen LogP contribution in [0, 0.1) is 11.3 Å². The first kappa shape index (κ1) is 14.9. The van der Waals surface area contributed by atoms with Gasteiger partial charge < -0.3 is 5.73 Å². The van der Waals surface area contributed by atoms with Crippen molar-refractivity contribution in [3.63, 3.8) is 0 Å². The molecule has 21 heavy (non-hydrogen) atoms. The summed E-state index contributed by atoms with van der Waals surface area (Å²) in [5.74, 6) is 2.29. The van der Waals surface area contributed by atoms with Crippen LogP contribution in [0.5, 0.6) is 0 Å². The smallest absolute Gasteiger partial charge is 0.234 e. The molecule has 116 valence electrons. The van der Waals surface area contributed by atoms with Crippen LogP contribution in [0.25, 0.3) is 4.96 Å². The molecule has 1 fully saturated rings. The fourth-order valence-electron chi connectivity index (χ4n) is 2.88. The Balaban J connectivity index is 1.69. The van der Waals surface area contributed by atoms with E-state index in [1.54, 1.807) is 11.3 Å². The van der Waals surface area contributed by atoms with Gasteiger partial charge in [0.25, 0.3) is 0 Å². The van der Waals surface area contributed by atoms with Crippen LogP contribution in [-0.4, -0.2) is 26.4 Å². The maximum atomic E-state index is 5.76. The third-order valence-electron chi connectivity index (χ3n) is 4.45. The van der Waals surface area contributed by atoms with Crippen molar-refractivity contribution in [2.45, 2.75) is 58.8 Å². The number of fused-ring (bicyclic) bond motifs is 1. The van der Waals surface area contributed by atoms with Gasteiger partial charge in [-0.2, -0.15) is 9.61 Å². The molecule has 0 aromatic carbocycles. The Labute approximate surface area is 129 Å². The first-order valence-electron chi connectivity index (χ1n) is 7.90. The summed E-state index contributed by atoms with van der Waals surface area (Å²) in [5, 5.41) is 14.4. The fraction of sp³-hybridized carbons (Fsp3) is 0.800. The first-order chi connectivity index (χ1) is 9.99. The van der Waals surface area contributed by atoms with Crippen molar-refractivity contribution in [3.05, 3.63) is 10.8 Å². The predicted molar refractivity (Wildman–Crippen MR) is 85.6 cm³/mol. The highest BCUT2D eigenvalue weighted by Crippen LogP contribution is 2.39. The molecular formula is C15H25N5S. The van der Waals surface area contributed by atoms with E-state index in [9.17, 15) is 0 Å². The molecule has 1 aliphatic rings. The van der Waals surface area contributed by atoms with Crippen LogP contribution in [0.3, 0.4) is 0 Å². The number of rotatable bonds is 6. The molecule has 0 aliphatic heterocycles. The molecule has 1 unspecified atom stereocenters. The normalized spacial score (nSPS) is 17.5. The number of aryl methyl sites for hydroxylation is 1. The highest BCUT2D eigenvalue weighted by molar-refractivity contribution is 7.16. The van der Waals surface area contributed by atoms with Gasteiger partial charge in [0.2, 0.25) is 4.96 Å². The van der Waals surface area contributed by atoms with Crippen molar-refractivity contribution < 1.29 is 0 Å². The van der Waals surface area contributed by atoms with E-state index in [2.05, 4.69) is 31.0 Å². The summed E-state index contributed by atoms with van der Waals surface area (Å²) in [6.45, 7) is 7.67. The van der Waals surface area contributed by atoms with Crippen LogP contribution < -0.4 is 5.73 Å². The summed E-state index contributed by atoms with van der Waals surface area (Å²) in [4.78, 5) is 0.943. The van der Waals surface area contributed by atoms with E-state index in [4.69, 9.17) is 10.8 Å². The van der Waals surface area contributed by atoms with E-state index in [1.807, 2.05) is 4.52 Å². The third-order valence-corrected chi connectivity index (χ3v) is 5.40. The SMILES string of the molecule is CC(C)(C)C(CCN)CCc1nn2c(C3CC3)nnc2s1.